The molecule has 0 atom stereocenters. The Hall–Kier alpha value is -7.36. The zero-order valence-electron chi connectivity index (χ0n) is 29.8. The molecule has 0 aliphatic carbocycles. The molecule has 256 valence electrons. The van der Waals surface area contributed by atoms with Crippen molar-refractivity contribution in [2.45, 2.75) is 0 Å². The molecule has 11 aromatic rings. The number of fused-ring (bicyclic) bond motifs is 9. The number of hydrogen-bond acceptors (Lipinski definition) is 3. The summed E-state index contributed by atoms with van der Waals surface area (Å²) in [7, 11) is 0. The third-order valence-corrected chi connectivity index (χ3v) is 10.9. The first kappa shape index (κ1) is 31.2. The van der Waals surface area contributed by atoms with Gasteiger partial charge in [0.2, 0.25) is 0 Å². The second-order valence-electron chi connectivity index (χ2n) is 14.1. The van der Waals surface area contributed by atoms with E-state index in [4.69, 9.17) is 14.4 Å². The molecule has 0 fully saturated rings. The van der Waals surface area contributed by atoms with Crippen LogP contribution in [0.5, 0.6) is 0 Å². The number of para-hydroxylation sites is 1. The number of furan rings is 1. The molecule has 0 N–H and O–H groups in total. The van der Waals surface area contributed by atoms with Crippen molar-refractivity contribution in [2.24, 2.45) is 0 Å². The van der Waals surface area contributed by atoms with Crippen molar-refractivity contribution >= 4 is 54.3 Å². The maximum atomic E-state index is 6.70. The van der Waals surface area contributed by atoms with Crippen LogP contribution in [0.1, 0.15) is 0 Å². The summed E-state index contributed by atoms with van der Waals surface area (Å²) in [6.07, 6.45) is 0. The fraction of sp³-hybridized carbons (Fsp3) is 0. The summed E-state index contributed by atoms with van der Waals surface area (Å²) < 4.78 is 6.70. The van der Waals surface area contributed by atoms with E-state index in [2.05, 4.69) is 170 Å². The van der Waals surface area contributed by atoms with E-state index in [9.17, 15) is 0 Å². The first-order valence-electron chi connectivity index (χ1n) is 18.6. The van der Waals surface area contributed by atoms with Gasteiger partial charge in [-0.1, -0.05) is 164 Å². The van der Waals surface area contributed by atoms with Gasteiger partial charge in [-0.15, -0.1) is 0 Å². The molecular formula is C52H32N2O. The highest BCUT2D eigenvalue weighted by atomic mass is 16.3. The molecule has 2 heterocycles. The lowest BCUT2D eigenvalue weighted by Crippen LogP contribution is -1.96. The fourth-order valence-corrected chi connectivity index (χ4v) is 8.18. The fourth-order valence-electron chi connectivity index (χ4n) is 8.18. The van der Waals surface area contributed by atoms with Gasteiger partial charge in [0, 0.05) is 27.5 Å². The van der Waals surface area contributed by atoms with Crippen molar-refractivity contribution in [3.8, 4) is 56.2 Å². The zero-order valence-corrected chi connectivity index (χ0v) is 29.8. The molecule has 9 aromatic carbocycles. The first-order chi connectivity index (χ1) is 27.2. The summed E-state index contributed by atoms with van der Waals surface area (Å²) in [5.41, 5.74) is 10.9. The van der Waals surface area contributed by atoms with Crippen LogP contribution >= 0.6 is 0 Å². The molecule has 0 aliphatic heterocycles. The van der Waals surface area contributed by atoms with Crippen LogP contribution in [0.4, 0.5) is 0 Å². The highest BCUT2D eigenvalue weighted by Gasteiger charge is 2.18. The van der Waals surface area contributed by atoms with Crippen molar-refractivity contribution in [1.29, 1.82) is 0 Å². The third-order valence-electron chi connectivity index (χ3n) is 10.9. The van der Waals surface area contributed by atoms with E-state index in [0.29, 0.717) is 5.82 Å². The number of hydrogen-bond donors (Lipinski definition) is 0. The van der Waals surface area contributed by atoms with Crippen molar-refractivity contribution in [3.63, 3.8) is 0 Å². The molecule has 0 spiro atoms. The van der Waals surface area contributed by atoms with Crippen LogP contribution in [0.15, 0.2) is 199 Å². The van der Waals surface area contributed by atoms with Gasteiger partial charge in [0.1, 0.15) is 11.2 Å². The Morgan fingerprint density at radius 1 is 0.291 bits per heavy atom. The molecule has 0 aliphatic rings. The molecule has 0 saturated heterocycles. The third kappa shape index (κ3) is 5.28. The minimum atomic E-state index is 0.669. The van der Waals surface area contributed by atoms with Crippen molar-refractivity contribution in [1.82, 2.24) is 9.97 Å². The highest BCUT2D eigenvalue weighted by molar-refractivity contribution is 6.25. The van der Waals surface area contributed by atoms with Gasteiger partial charge in [-0.05, 0) is 84.9 Å². The Morgan fingerprint density at radius 2 is 0.782 bits per heavy atom. The van der Waals surface area contributed by atoms with Crippen LogP contribution in [0, 0.1) is 0 Å². The minimum Gasteiger partial charge on any atom is -0.455 e. The molecule has 0 unspecified atom stereocenters. The Bertz CT molecular complexity index is 3200. The SMILES string of the molecule is c1ccc(-c2ccc(-c3nc(-c4ccccc4)cc(-c4cccc5c4oc4ccc(-c6ccc7c8ccccc8c8ccccc8c7c6)cc45)n3)cc2)cc1. The van der Waals surface area contributed by atoms with Crippen molar-refractivity contribution in [2.75, 3.05) is 0 Å². The van der Waals surface area contributed by atoms with Crippen LogP contribution in [0.25, 0.3) is 110 Å². The van der Waals surface area contributed by atoms with Gasteiger partial charge < -0.3 is 4.42 Å². The summed E-state index contributed by atoms with van der Waals surface area (Å²) >= 11 is 0. The van der Waals surface area contributed by atoms with E-state index in [1.165, 1.54) is 43.4 Å². The molecule has 55 heavy (non-hydrogen) atoms. The Kier molecular flexibility index (Phi) is 7.17. The second-order valence-corrected chi connectivity index (χ2v) is 14.1. The summed E-state index contributed by atoms with van der Waals surface area (Å²) in [5.74, 6) is 0.669. The van der Waals surface area contributed by atoms with Crippen molar-refractivity contribution < 1.29 is 4.42 Å². The molecule has 11 rings (SSSR count). The topological polar surface area (TPSA) is 38.9 Å². The normalized spacial score (nSPS) is 11.6. The van der Waals surface area contributed by atoms with E-state index < -0.39 is 0 Å². The van der Waals surface area contributed by atoms with Gasteiger partial charge in [0.25, 0.3) is 0 Å². The Balaban J connectivity index is 1.05. The number of rotatable bonds is 5. The Morgan fingerprint density at radius 3 is 1.47 bits per heavy atom. The molecular weight excluding hydrogens is 669 g/mol. The molecule has 0 bridgehead atoms. The standard InChI is InChI=1S/C52H32N2O/c1-3-12-33(13-4-1)34-22-24-36(25-23-34)52-53-48(35-14-5-2-6-15-35)32-49(54-52)45-21-11-20-44-47-31-38(27-29-50(47)55-51(44)45)37-26-28-43-41-18-8-7-16-39(41)40-17-9-10-19-42(40)46(43)30-37/h1-32H. The van der Waals surface area contributed by atoms with E-state index >= 15 is 0 Å². The number of aromatic nitrogens is 2. The van der Waals surface area contributed by atoms with E-state index in [0.717, 1.165) is 61.1 Å². The smallest absolute Gasteiger partial charge is 0.160 e. The lowest BCUT2D eigenvalue weighted by molar-refractivity contribution is 0.670. The van der Waals surface area contributed by atoms with Crippen LogP contribution in [0.3, 0.4) is 0 Å². The van der Waals surface area contributed by atoms with Gasteiger partial charge in [-0.2, -0.15) is 0 Å². The largest absolute Gasteiger partial charge is 0.455 e. The average Bonchev–Trinajstić information content (AvgIpc) is 3.65. The van der Waals surface area contributed by atoms with Gasteiger partial charge in [-0.25, -0.2) is 9.97 Å². The predicted molar refractivity (Wildman–Crippen MR) is 229 cm³/mol. The maximum absolute atomic E-state index is 6.70. The molecule has 0 radical (unpaired) electrons. The van der Waals surface area contributed by atoms with Crippen molar-refractivity contribution in [3.05, 3.63) is 194 Å². The summed E-state index contributed by atoms with van der Waals surface area (Å²) in [6, 6.07) is 68.5. The second kappa shape index (κ2) is 12.6. The first-order valence-corrected chi connectivity index (χ1v) is 18.6. The summed E-state index contributed by atoms with van der Waals surface area (Å²) in [6.45, 7) is 0. The summed E-state index contributed by atoms with van der Waals surface area (Å²) in [4.78, 5) is 10.3. The quantitative estimate of drug-likeness (QED) is 0.168. The van der Waals surface area contributed by atoms with Gasteiger partial charge in [0.15, 0.2) is 5.82 Å². The number of benzene rings is 9. The van der Waals surface area contributed by atoms with E-state index in [-0.39, 0.29) is 0 Å². The Labute approximate surface area is 317 Å². The average molecular weight is 701 g/mol. The number of nitrogens with zero attached hydrogens (tertiary/aromatic N) is 2. The highest BCUT2D eigenvalue weighted by Crippen LogP contribution is 2.41. The molecule has 0 saturated carbocycles. The van der Waals surface area contributed by atoms with Gasteiger partial charge in [0.05, 0.1) is 11.4 Å². The van der Waals surface area contributed by atoms with E-state index in [1.807, 2.05) is 24.3 Å². The van der Waals surface area contributed by atoms with Crippen LogP contribution in [-0.4, -0.2) is 9.97 Å². The zero-order chi connectivity index (χ0) is 36.3. The van der Waals surface area contributed by atoms with Crippen LogP contribution in [-0.2, 0) is 0 Å². The lowest BCUT2D eigenvalue weighted by atomic mass is 9.92. The van der Waals surface area contributed by atoms with Gasteiger partial charge >= 0.3 is 0 Å². The minimum absolute atomic E-state index is 0.669. The molecule has 0 amide bonds. The molecule has 3 heteroatoms. The predicted octanol–water partition coefficient (Wildman–Crippen LogP) is 14.2. The molecule has 3 nitrogen and oxygen atoms in total. The maximum Gasteiger partial charge on any atom is 0.160 e. The lowest BCUT2D eigenvalue weighted by Gasteiger charge is -2.12. The van der Waals surface area contributed by atoms with E-state index in [1.54, 1.807) is 0 Å². The molecule has 2 aromatic heterocycles. The van der Waals surface area contributed by atoms with Crippen LogP contribution < -0.4 is 0 Å². The van der Waals surface area contributed by atoms with Crippen LogP contribution in [0.2, 0.25) is 0 Å². The monoisotopic (exact) mass is 700 g/mol. The summed E-state index contributed by atoms with van der Waals surface area (Å²) in [5, 5.41) is 9.76. The van der Waals surface area contributed by atoms with Gasteiger partial charge in [-0.3, -0.25) is 0 Å².